The summed E-state index contributed by atoms with van der Waals surface area (Å²) in [7, 11) is -3.49. The number of nitrogens with zero attached hydrogens (tertiary/aromatic N) is 2. The highest BCUT2D eigenvalue weighted by Crippen LogP contribution is 2.38. The molecule has 0 aromatic carbocycles. The predicted molar refractivity (Wildman–Crippen MR) is 83.0 cm³/mol. The first-order chi connectivity index (χ1) is 10.2. The minimum absolute atomic E-state index is 0.0406. The van der Waals surface area contributed by atoms with E-state index in [9.17, 15) is 23.3 Å². The second-order valence-corrected chi connectivity index (χ2v) is 8.43. The molecule has 1 atom stereocenters. The standard InChI is InChI=1S/C12H17N3O5S2/c1-3-10(16)14-5-4-8(7-14)13-12-9(15(17)18)6-11(21-12)22(2,19)20/h6,8,13H,3-5,7H2,1-2H3. The summed E-state index contributed by atoms with van der Waals surface area (Å²) in [5.74, 6) is 0.0433. The normalized spacial score (nSPS) is 18.5. The fourth-order valence-corrected chi connectivity index (χ4v) is 4.31. The van der Waals surface area contributed by atoms with Crippen molar-refractivity contribution < 1.29 is 18.1 Å². The van der Waals surface area contributed by atoms with E-state index >= 15 is 0 Å². The van der Waals surface area contributed by atoms with Gasteiger partial charge in [-0.05, 0) is 6.42 Å². The van der Waals surface area contributed by atoms with Gasteiger partial charge in [0.05, 0.1) is 4.92 Å². The summed E-state index contributed by atoms with van der Waals surface area (Å²) < 4.78 is 23.1. The highest BCUT2D eigenvalue weighted by Gasteiger charge is 2.29. The number of hydrogen-bond donors (Lipinski definition) is 1. The molecule has 0 aliphatic carbocycles. The van der Waals surface area contributed by atoms with Crippen molar-refractivity contribution in [3.05, 3.63) is 16.2 Å². The molecule has 1 aromatic heterocycles. The van der Waals surface area contributed by atoms with Gasteiger partial charge in [0.15, 0.2) is 14.8 Å². The van der Waals surface area contributed by atoms with Crippen LogP contribution in [0, 0.1) is 10.1 Å². The van der Waals surface area contributed by atoms with E-state index in [4.69, 9.17) is 0 Å². The number of anilines is 1. The highest BCUT2D eigenvalue weighted by atomic mass is 32.2. The summed E-state index contributed by atoms with van der Waals surface area (Å²) in [6.45, 7) is 2.85. The molecule has 1 saturated heterocycles. The van der Waals surface area contributed by atoms with Crippen molar-refractivity contribution in [2.75, 3.05) is 24.7 Å². The predicted octanol–water partition coefficient (Wildman–Crippen LogP) is 1.48. The van der Waals surface area contributed by atoms with Crippen LogP contribution in [-0.4, -0.2) is 49.5 Å². The Morgan fingerprint density at radius 2 is 2.27 bits per heavy atom. The number of hydrogen-bond acceptors (Lipinski definition) is 7. The smallest absolute Gasteiger partial charge is 0.304 e. The van der Waals surface area contributed by atoms with Crippen LogP contribution in [0.3, 0.4) is 0 Å². The first-order valence-electron chi connectivity index (χ1n) is 6.75. The quantitative estimate of drug-likeness (QED) is 0.638. The van der Waals surface area contributed by atoms with E-state index in [1.807, 2.05) is 0 Å². The number of carbonyl (C=O) groups excluding carboxylic acids is 1. The maximum atomic E-state index is 11.6. The lowest BCUT2D eigenvalue weighted by Gasteiger charge is -2.16. The first-order valence-corrected chi connectivity index (χ1v) is 9.45. The number of amides is 1. The molecule has 8 nitrogen and oxygen atoms in total. The molecule has 22 heavy (non-hydrogen) atoms. The minimum Gasteiger partial charge on any atom is -0.367 e. The van der Waals surface area contributed by atoms with Gasteiger partial charge in [-0.25, -0.2) is 8.42 Å². The van der Waals surface area contributed by atoms with Gasteiger partial charge in [0, 0.05) is 37.9 Å². The maximum absolute atomic E-state index is 11.6. The molecule has 0 radical (unpaired) electrons. The van der Waals surface area contributed by atoms with Crippen LogP contribution in [0.1, 0.15) is 19.8 Å². The number of rotatable bonds is 5. The zero-order valence-electron chi connectivity index (χ0n) is 12.2. The molecule has 2 heterocycles. The number of carbonyl (C=O) groups is 1. The van der Waals surface area contributed by atoms with Gasteiger partial charge < -0.3 is 10.2 Å². The van der Waals surface area contributed by atoms with Crippen LogP contribution in [0.25, 0.3) is 0 Å². The Morgan fingerprint density at radius 3 is 2.82 bits per heavy atom. The van der Waals surface area contributed by atoms with Crippen molar-refractivity contribution in [3.8, 4) is 0 Å². The molecule has 0 saturated carbocycles. The minimum atomic E-state index is -3.49. The average molecular weight is 347 g/mol. The SMILES string of the molecule is CCC(=O)N1CCC(Nc2sc(S(C)(=O)=O)cc2[N+](=O)[O-])C1. The van der Waals surface area contributed by atoms with Crippen LogP contribution in [-0.2, 0) is 14.6 Å². The lowest BCUT2D eigenvalue weighted by molar-refractivity contribution is -0.383. The molecule has 1 N–H and O–H groups in total. The van der Waals surface area contributed by atoms with Crippen LogP contribution >= 0.6 is 11.3 Å². The van der Waals surface area contributed by atoms with Crippen molar-refractivity contribution in [2.45, 2.75) is 30.0 Å². The number of thiophene rings is 1. The van der Waals surface area contributed by atoms with Crippen LogP contribution in [0.4, 0.5) is 10.7 Å². The second kappa shape index (κ2) is 6.21. The van der Waals surface area contributed by atoms with Crippen molar-refractivity contribution >= 4 is 37.8 Å². The molecule has 1 aliphatic heterocycles. The third-order valence-electron chi connectivity index (χ3n) is 3.43. The zero-order valence-corrected chi connectivity index (χ0v) is 13.9. The van der Waals surface area contributed by atoms with Crippen molar-refractivity contribution in [1.82, 2.24) is 4.90 Å². The van der Waals surface area contributed by atoms with E-state index in [0.29, 0.717) is 25.9 Å². The Balaban J connectivity index is 2.18. The molecule has 122 valence electrons. The number of nitro groups is 1. The molecule has 1 aromatic rings. The molecule has 1 amide bonds. The van der Waals surface area contributed by atoms with Gasteiger partial charge in [-0.2, -0.15) is 0 Å². The summed E-state index contributed by atoms with van der Waals surface area (Å²) in [5.41, 5.74) is -0.245. The van der Waals surface area contributed by atoms with Crippen molar-refractivity contribution in [1.29, 1.82) is 0 Å². The fourth-order valence-electron chi connectivity index (χ4n) is 2.29. The van der Waals surface area contributed by atoms with Crippen LogP contribution in [0.15, 0.2) is 10.3 Å². The topological polar surface area (TPSA) is 110 Å². The number of likely N-dealkylation sites (tertiary alicyclic amines) is 1. The van der Waals surface area contributed by atoms with Crippen LogP contribution in [0.2, 0.25) is 0 Å². The highest BCUT2D eigenvalue weighted by molar-refractivity contribution is 7.92. The monoisotopic (exact) mass is 347 g/mol. The Hall–Kier alpha value is -1.68. The largest absolute Gasteiger partial charge is 0.367 e. The van der Waals surface area contributed by atoms with E-state index in [-0.39, 0.29) is 26.8 Å². The van der Waals surface area contributed by atoms with Gasteiger partial charge in [0.25, 0.3) is 0 Å². The molecular weight excluding hydrogens is 330 g/mol. The molecule has 10 heteroatoms. The van der Waals surface area contributed by atoms with Gasteiger partial charge in [-0.1, -0.05) is 18.3 Å². The molecule has 1 unspecified atom stereocenters. The van der Waals surface area contributed by atoms with Gasteiger partial charge >= 0.3 is 5.69 Å². The van der Waals surface area contributed by atoms with E-state index in [0.717, 1.165) is 23.7 Å². The Labute approximate surface area is 132 Å². The van der Waals surface area contributed by atoms with Crippen LogP contribution < -0.4 is 5.32 Å². The van der Waals surface area contributed by atoms with Crippen LogP contribution in [0.5, 0.6) is 0 Å². The van der Waals surface area contributed by atoms with Gasteiger partial charge in [-0.3, -0.25) is 14.9 Å². The zero-order chi connectivity index (χ0) is 16.5. The fraction of sp³-hybridized carbons (Fsp3) is 0.583. The Bertz CT molecular complexity index is 698. The second-order valence-electron chi connectivity index (χ2n) is 5.13. The first kappa shape index (κ1) is 16.7. The third kappa shape index (κ3) is 3.55. The average Bonchev–Trinajstić information content (AvgIpc) is 3.04. The van der Waals surface area contributed by atoms with Crippen molar-refractivity contribution in [3.63, 3.8) is 0 Å². The summed E-state index contributed by atoms with van der Waals surface area (Å²) in [4.78, 5) is 23.8. The summed E-state index contributed by atoms with van der Waals surface area (Å²) in [6.07, 6.45) is 2.11. The van der Waals surface area contributed by atoms with E-state index in [2.05, 4.69) is 5.32 Å². The molecule has 1 aliphatic rings. The van der Waals surface area contributed by atoms with Gasteiger partial charge in [0.2, 0.25) is 5.91 Å². The summed E-state index contributed by atoms with van der Waals surface area (Å²) >= 11 is 0.853. The van der Waals surface area contributed by atoms with E-state index < -0.39 is 14.8 Å². The molecule has 0 bridgehead atoms. The molecular formula is C12H17N3O5S2. The molecule has 0 spiro atoms. The van der Waals surface area contributed by atoms with E-state index in [1.165, 1.54) is 0 Å². The van der Waals surface area contributed by atoms with Crippen molar-refractivity contribution in [2.24, 2.45) is 0 Å². The maximum Gasteiger partial charge on any atom is 0.304 e. The summed E-state index contributed by atoms with van der Waals surface area (Å²) in [6, 6.07) is 0.965. The van der Waals surface area contributed by atoms with Gasteiger partial charge in [-0.15, -0.1) is 0 Å². The van der Waals surface area contributed by atoms with Gasteiger partial charge in [0.1, 0.15) is 4.21 Å². The molecule has 1 fully saturated rings. The third-order valence-corrected chi connectivity index (χ3v) is 6.29. The molecule has 2 rings (SSSR count). The Morgan fingerprint density at radius 1 is 1.59 bits per heavy atom. The lowest BCUT2D eigenvalue weighted by atomic mass is 10.2. The summed E-state index contributed by atoms with van der Waals surface area (Å²) in [5, 5.41) is 14.3. The number of nitrogens with one attached hydrogen (secondary N) is 1. The number of sulfone groups is 1. The van der Waals surface area contributed by atoms with E-state index in [1.54, 1.807) is 11.8 Å². The Kier molecular flexibility index (Phi) is 4.71. The lowest BCUT2D eigenvalue weighted by Crippen LogP contribution is -2.30.